The molecule has 0 aromatic heterocycles. The minimum atomic E-state index is -0.706. The van der Waals surface area contributed by atoms with Gasteiger partial charge < -0.3 is 14.2 Å². The molecule has 3 aromatic rings. The lowest BCUT2D eigenvalue weighted by Crippen LogP contribution is -2.06. The molecule has 0 saturated heterocycles. The van der Waals surface area contributed by atoms with Gasteiger partial charge in [0.2, 0.25) is 5.90 Å². The van der Waals surface area contributed by atoms with Crippen molar-refractivity contribution in [3.63, 3.8) is 0 Å². The molecule has 0 bridgehead atoms. The zero-order valence-electron chi connectivity index (χ0n) is 18.7. The number of cyclic esters (lactones) is 1. The first-order valence-electron chi connectivity index (χ1n) is 10.6. The molecule has 0 N–H and O–H groups in total. The van der Waals surface area contributed by atoms with Gasteiger partial charge in [0.05, 0.1) is 15.1 Å². The van der Waals surface area contributed by atoms with E-state index < -0.39 is 10.9 Å². The van der Waals surface area contributed by atoms with Gasteiger partial charge in [0.1, 0.15) is 17.4 Å². The second-order valence-electron chi connectivity index (χ2n) is 7.44. The highest BCUT2D eigenvalue weighted by atomic mass is 127. The van der Waals surface area contributed by atoms with E-state index in [2.05, 4.69) is 27.6 Å². The fraction of sp³-hybridized carbons (Fsp3) is 0.120. The SMILES string of the molecule is CCOc1cc(/C=C2\N=C(c3ccc(Cl)c([N+](=O)[O-])c3)OC2=O)cc(I)c1OCc1cccc(F)c1. The molecular formula is C25H17ClFIN2O6. The first-order valence-corrected chi connectivity index (χ1v) is 12.0. The van der Waals surface area contributed by atoms with E-state index >= 15 is 0 Å². The van der Waals surface area contributed by atoms with Crippen molar-refractivity contribution < 1.29 is 28.3 Å². The number of benzene rings is 3. The van der Waals surface area contributed by atoms with Gasteiger partial charge in [-0.1, -0.05) is 23.7 Å². The Balaban J connectivity index is 1.63. The van der Waals surface area contributed by atoms with E-state index in [0.717, 1.165) is 0 Å². The Morgan fingerprint density at radius 1 is 1.19 bits per heavy atom. The Hall–Kier alpha value is -3.51. The van der Waals surface area contributed by atoms with E-state index in [9.17, 15) is 19.3 Å². The second kappa shape index (κ2) is 11.0. The van der Waals surface area contributed by atoms with Crippen LogP contribution in [0.1, 0.15) is 23.6 Å². The minimum absolute atomic E-state index is 0.00859. The second-order valence-corrected chi connectivity index (χ2v) is 9.01. The van der Waals surface area contributed by atoms with Gasteiger partial charge in [-0.15, -0.1) is 0 Å². The number of nitro benzene ring substituents is 1. The zero-order valence-corrected chi connectivity index (χ0v) is 21.6. The summed E-state index contributed by atoms with van der Waals surface area (Å²) in [7, 11) is 0. The number of carbonyl (C=O) groups is 1. The summed E-state index contributed by atoms with van der Waals surface area (Å²) in [6.45, 7) is 2.33. The maximum atomic E-state index is 13.5. The van der Waals surface area contributed by atoms with Crippen LogP contribution in [0.2, 0.25) is 5.02 Å². The van der Waals surface area contributed by atoms with Crippen molar-refractivity contribution in [1.29, 1.82) is 0 Å². The Bertz CT molecular complexity index is 1430. The smallest absolute Gasteiger partial charge is 0.363 e. The molecular weight excluding hydrogens is 606 g/mol. The number of hydrogen-bond donors (Lipinski definition) is 0. The lowest BCUT2D eigenvalue weighted by molar-refractivity contribution is -0.384. The summed E-state index contributed by atoms with van der Waals surface area (Å²) in [6, 6.07) is 13.6. The fourth-order valence-corrected chi connectivity index (χ4v) is 4.30. The largest absolute Gasteiger partial charge is 0.490 e. The Kier molecular flexibility index (Phi) is 7.85. The first kappa shape index (κ1) is 25.6. The first-order chi connectivity index (χ1) is 17.2. The van der Waals surface area contributed by atoms with Crippen molar-refractivity contribution in [1.82, 2.24) is 0 Å². The van der Waals surface area contributed by atoms with Crippen molar-refractivity contribution in [3.05, 3.63) is 102 Å². The number of nitrogens with zero attached hydrogens (tertiary/aromatic N) is 2. The van der Waals surface area contributed by atoms with Crippen molar-refractivity contribution >= 4 is 57.8 Å². The number of nitro groups is 1. The fourth-order valence-electron chi connectivity index (χ4n) is 3.33. The van der Waals surface area contributed by atoms with Gasteiger partial charge >= 0.3 is 5.97 Å². The standard InChI is InChI=1S/C25H17ClFIN2O6/c1-2-34-22-11-15(9-19(28)23(22)35-13-14-4-3-5-17(27)8-14)10-20-25(31)36-24(29-20)16-6-7-18(26)21(12-16)30(32)33/h3-12H,2,13H2,1H3/b20-10-. The highest BCUT2D eigenvalue weighted by molar-refractivity contribution is 14.1. The summed E-state index contributed by atoms with van der Waals surface area (Å²) in [5.41, 5.74) is 1.19. The van der Waals surface area contributed by atoms with E-state index in [0.29, 0.717) is 32.8 Å². The maximum Gasteiger partial charge on any atom is 0.363 e. The van der Waals surface area contributed by atoms with Crippen LogP contribution in [0.4, 0.5) is 10.1 Å². The minimum Gasteiger partial charge on any atom is -0.490 e. The predicted octanol–water partition coefficient (Wildman–Crippen LogP) is 6.31. The highest BCUT2D eigenvalue weighted by Crippen LogP contribution is 2.36. The molecule has 0 radical (unpaired) electrons. The van der Waals surface area contributed by atoms with Gasteiger partial charge in [0, 0.05) is 11.6 Å². The molecule has 184 valence electrons. The number of hydrogen-bond acceptors (Lipinski definition) is 7. The third-order valence-electron chi connectivity index (χ3n) is 4.92. The van der Waals surface area contributed by atoms with Gasteiger partial charge in [-0.05, 0) is 83.1 Å². The average Bonchev–Trinajstić information content (AvgIpc) is 3.19. The van der Waals surface area contributed by atoms with Crippen LogP contribution in [0.3, 0.4) is 0 Å². The molecule has 1 aliphatic rings. The maximum absolute atomic E-state index is 13.5. The molecule has 11 heteroatoms. The number of carbonyl (C=O) groups excluding carboxylic acids is 1. The third kappa shape index (κ3) is 5.82. The van der Waals surface area contributed by atoms with Crippen molar-refractivity contribution in [2.45, 2.75) is 13.5 Å². The molecule has 0 saturated carbocycles. The van der Waals surface area contributed by atoms with E-state index in [1.165, 1.54) is 36.4 Å². The van der Waals surface area contributed by atoms with Crippen LogP contribution < -0.4 is 9.47 Å². The van der Waals surface area contributed by atoms with Crippen LogP contribution in [-0.2, 0) is 16.1 Å². The van der Waals surface area contributed by atoms with Crippen molar-refractivity contribution in [2.75, 3.05) is 6.61 Å². The van der Waals surface area contributed by atoms with Gasteiger partial charge in [-0.25, -0.2) is 14.2 Å². The lowest BCUT2D eigenvalue weighted by Gasteiger charge is -2.15. The van der Waals surface area contributed by atoms with Crippen LogP contribution in [0.5, 0.6) is 11.5 Å². The average molecular weight is 623 g/mol. The number of aliphatic imine (C=N–C) groups is 1. The summed E-state index contributed by atoms with van der Waals surface area (Å²) in [5.74, 6) is -0.204. The number of rotatable bonds is 8. The van der Waals surface area contributed by atoms with Gasteiger partial charge in [-0.2, -0.15) is 0 Å². The van der Waals surface area contributed by atoms with E-state index in [1.54, 1.807) is 24.3 Å². The molecule has 0 unspecified atom stereocenters. The van der Waals surface area contributed by atoms with Crippen LogP contribution in [0.15, 0.2) is 65.3 Å². The number of ether oxygens (including phenoxy) is 3. The molecule has 0 fully saturated rings. The third-order valence-corrected chi connectivity index (χ3v) is 6.04. The highest BCUT2D eigenvalue weighted by Gasteiger charge is 2.26. The molecule has 3 aromatic carbocycles. The molecule has 36 heavy (non-hydrogen) atoms. The van der Waals surface area contributed by atoms with E-state index in [1.807, 2.05) is 6.92 Å². The molecule has 1 heterocycles. The Labute approximate surface area is 223 Å². The van der Waals surface area contributed by atoms with E-state index in [4.69, 9.17) is 25.8 Å². The number of halogens is 3. The van der Waals surface area contributed by atoms with Crippen molar-refractivity contribution in [2.24, 2.45) is 4.99 Å². The molecule has 0 aliphatic carbocycles. The van der Waals surface area contributed by atoms with Gasteiger partial charge in [0.25, 0.3) is 5.69 Å². The number of esters is 1. The summed E-state index contributed by atoms with van der Waals surface area (Å²) >= 11 is 7.94. The van der Waals surface area contributed by atoms with Crippen LogP contribution in [-0.4, -0.2) is 23.4 Å². The summed E-state index contributed by atoms with van der Waals surface area (Å²) in [4.78, 5) is 27.2. The predicted molar refractivity (Wildman–Crippen MR) is 140 cm³/mol. The van der Waals surface area contributed by atoms with E-state index in [-0.39, 0.29) is 40.3 Å². The summed E-state index contributed by atoms with van der Waals surface area (Å²) < 4.78 is 31.1. The van der Waals surface area contributed by atoms with Crippen LogP contribution in [0, 0.1) is 19.5 Å². The molecule has 4 rings (SSSR count). The van der Waals surface area contributed by atoms with Crippen LogP contribution >= 0.6 is 34.2 Å². The molecule has 1 aliphatic heterocycles. The normalized spacial score (nSPS) is 13.9. The van der Waals surface area contributed by atoms with Crippen LogP contribution in [0.25, 0.3) is 6.08 Å². The van der Waals surface area contributed by atoms with Gasteiger partial charge in [-0.3, -0.25) is 10.1 Å². The zero-order chi connectivity index (χ0) is 25.8. The Morgan fingerprint density at radius 3 is 2.72 bits per heavy atom. The molecule has 0 atom stereocenters. The summed E-state index contributed by atoms with van der Waals surface area (Å²) in [5, 5.41) is 11.1. The van der Waals surface area contributed by atoms with Gasteiger partial charge in [0.15, 0.2) is 17.2 Å². The topological polar surface area (TPSA) is 100 Å². The Morgan fingerprint density at radius 2 is 2.00 bits per heavy atom. The quantitative estimate of drug-likeness (QED) is 0.0959. The molecule has 0 amide bonds. The molecule has 0 spiro atoms. The summed E-state index contributed by atoms with van der Waals surface area (Å²) in [6.07, 6.45) is 1.51. The lowest BCUT2D eigenvalue weighted by atomic mass is 10.1. The monoisotopic (exact) mass is 622 g/mol. The van der Waals surface area contributed by atoms with Crippen molar-refractivity contribution in [3.8, 4) is 11.5 Å². The molecule has 8 nitrogen and oxygen atoms in total.